The van der Waals surface area contributed by atoms with E-state index in [2.05, 4.69) is 16.9 Å². The number of nitrogens with zero attached hydrogens (tertiary/aromatic N) is 3. The van der Waals surface area contributed by atoms with E-state index in [1.165, 1.54) is 0 Å². The fourth-order valence-electron chi connectivity index (χ4n) is 1.60. The normalized spacial score (nSPS) is 11.7. The highest BCUT2D eigenvalue weighted by molar-refractivity contribution is 5.53. The molecule has 0 saturated heterocycles. The van der Waals surface area contributed by atoms with Gasteiger partial charge < -0.3 is 10.5 Å². The van der Waals surface area contributed by atoms with Crippen molar-refractivity contribution in [3.8, 4) is 5.75 Å². The quantitative estimate of drug-likeness (QED) is 0.453. The van der Waals surface area contributed by atoms with Gasteiger partial charge in [-0.3, -0.25) is 0 Å². The Bertz CT molecular complexity index is 427. The standard InChI is InChI=1S/C13H20N4O/c1-3-7-18-13-6-5-10(8-11(14)4-2)9-12(13)16-17-15/h5-6,9,11H,3-4,7-8,14H2,1-2H3. The minimum Gasteiger partial charge on any atom is -0.493 e. The molecule has 0 amide bonds. The summed E-state index contributed by atoms with van der Waals surface area (Å²) in [4.78, 5) is 2.83. The summed E-state index contributed by atoms with van der Waals surface area (Å²) in [7, 11) is 0. The smallest absolute Gasteiger partial charge is 0.128 e. The molecule has 18 heavy (non-hydrogen) atoms. The third-order valence-electron chi connectivity index (χ3n) is 2.66. The summed E-state index contributed by atoms with van der Waals surface area (Å²) in [6.45, 7) is 4.70. The second-order valence-corrected chi connectivity index (χ2v) is 4.21. The van der Waals surface area contributed by atoms with Crippen molar-refractivity contribution in [3.05, 3.63) is 34.2 Å². The third-order valence-corrected chi connectivity index (χ3v) is 2.66. The molecule has 1 aromatic carbocycles. The molecule has 0 aliphatic heterocycles. The van der Waals surface area contributed by atoms with Crippen molar-refractivity contribution in [3.63, 3.8) is 0 Å². The maximum absolute atomic E-state index is 8.57. The van der Waals surface area contributed by atoms with Crippen LogP contribution in [0.5, 0.6) is 5.75 Å². The second kappa shape index (κ2) is 7.58. The molecule has 0 aromatic heterocycles. The highest BCUT2D eigenvalue weighted by Crippen LogP contribution is 2.29. The molecule has 0 aliphatic carbocycles. The Morgan fingerprint density at radius 1 is 1.44 bits per heavy atom. The van der Waals surface area contributed by atoms with E-state index in [9.17, 15) is 0 Å². The number of rotatable bonds is 7. The van der Waals surface area contributed by atoms with Gasteiger partial charge in [-0.05, 0) is 42.5 Å². The van der Waals surface area contributed by atoms with Crippen LogP contribution in [0.1, 0.15) is 32.3 Å². The van der Waals surface area contributed by atoms with E-state index in [1.807, 2.05) is 25.1 Å². The van der Waals surface area contributed by atoms with Crippen LogP contribution in [0.4, 0.5) is 5.69 Å². The third kappa shape index (κ3) is 4.28. The fraction of sp³-hybridized carbons (Fsp3) is 0.538. The topological polar surface area (TPSA) is 84.0 Å². The molecule has 0 spiro atoms. The molecule has 5 heteroatoms. The van der Waals surface area contributed by atoms with Crippen LogP contribution in [-0.2, 0) is 6.42 Å². The van der Waals surface area contributed by atoms with Gasteiger partial charge in [0, 0.05) is 11.0 Å². The van der Waals surface area contributed by atoms with Gasteiger partial charge in [0.25, 0.3) is 0 Å². The lowest BCUT2D eigenvalue weighted by Gasteiger charge is -2.12. The Labute approximate surface area is 108 Å². The van der Waals surface area contributed by atoms with Crippen LogP contribution in [0.2, 0.25) is 0 Å². The van der Waals surface area contributed by atoms with Gasteiger partial charge in [0.2, 0.25) is 0 Å². The first-order chi connectivity index (χ1) is 8.71. The lowest BCUT2D eigenvalue weighted by molar-refractivity contribution is 0.318. The average Bonchev–Trinajstić information content (AvgIpc) is 2.38. The van der Waals surface area contributed by atoms with Crippen LogP contribution in [0, 0.1) is 0 Å². The molecule has 1 atom stereocenters. The van der Waals surface area contributed by atoms with Gasteiger partial charge in [0.15, 0.2) is 0 Å². The molecule has 0 saturated carbocycles. The lowest BCUT2D eigenvalue weighted by atomic mass is 10.0. The van der Waals surface area contributed by atoms with Gasteiger partial charge in [0.05, 0.1) is 12.3 Å². The summed E-state index contributed by atoms with van der Waals surface area (Å²) < 4.78 is 5.53. The van der Waals surface area contributed by atoms with E-state index in [1.54, 1.807) is 0 Å². The zero-order valence-electron chi connectivity index (χ0n) is 11.0. The summed E-state index contributed by atoms with van der Waals surface area (Å²) >= 11 is 0. The Hall–Kier alpha value is -1.71. The monoisotopic (exact) mass is 248 g/mol. The number of benzene rings is 1. The van der Waals surface area contributed by atoms with Crippen molar-refractivity contribution in [2.24, 2.45) is 10.8 Å². The molecular weight excluding hydrogens is 228 g/mol. The molecule has 1 rings (SSSR count). The van der Waals surface area contributed by atoms with E-state index < -0.39 is 0 Å². The summed E-state index contributed by atoms with van der Waals surface area (Å²) in [6.07, 6.45) is 2.61. The average molecular weight is 248 g/mol. The molecule has 1 unspecified atom stereocenters. The number of azide groups is 1. The number of hydrogen-bond acceptors (Lipinski definition) is 3. The zero-order valence-corrected chi connectivity index (χ0v) is 11.0. The molecule has 98 valence electrons. The molecular formula is C13H20N4O. The molecule has 0 aliphatic rings. The van der Waals surface area contributed by atoms with Crippen LogP contribution in [0.25, 0.3) is 10.4 Å². The molecule has 1 aromatic rings. The lowest BCUT2D eigenvalue weighted by Crippen LogP contribution is -2.21. The van der Waals surface area contributed by atoms with Crippen LogP contribution >= 0.6 is 0 Å². The second-order valence-electron chi connectivity index (χ2n) is 4.21. The number of hydrogen-bond donors (Lipinski definition) is 1. The molecule has 2 N–H and O–H groups in total. The van der Waals surface area contributed by atoms with Crippen molar-refractivity contribution < 1.29 is 4.74 Å². The van der Waals surface area contributed by atoms with Crippen molar-refractivity contribution in [2.45, 2.75) is 39.2 Å². The molecule has 0 radical (unpaired) electrons. The SMILES string of the molecule is CCCOc1ccc(CC(N)CC)cc1N=[N+]=[N-]. The van der Waals surface area contributed by atoms with E-state index in [0.29, 0.717) is 18.0 Å². The van der Waals surface area contributed by atoms with Crippen molar-refractivity contribution in [1.82, 2.24) is 0 Å². The molecule has 0 heterocycles. The minimum atomic E-state index is 0.131. The minimum absolute atomic E-state index is 0.131. The first kappa shape index (κ1) is 14.4. The maximum Gasteiger partial charge on any atom is 0.128 e. The van der Waals surface area contributed by atoms with Gasteiger partial charge >= 0.3 is 0 Å². The number of nitrogens with two attached hydrogens (primary N) is 1. The summed E-state index contributed by atoms with van der Waals surface area (Å²) in [5.74, 6) is 0.628. The highest BCUT2D eigenvalue weighted by atomic mass is 16.5. The van der Waals surface area contributed by atoms with Crippen molar-refractivity contribution in [2.75, 3.05) is 6.61 Å². The predicted octanol–water partition coefficient (Wildman–Crippen LogP) is 3.70. The van der Waals surface area contributed by atoms with E-state index in [-0.39, 0.29) is 6.04 Å². The molecule has 5 nitrogen and oxygen atoms in total. The number of ether oxygens (including phenoxy) is 1. The van der Waals surface area contributed by atoms with Crippen molar-refractivity contribution >= 4 is 5.69 Å². The summed E-state index contributed by atoms with van der Waals surface area (Å²) in [6, 6.07) is 5.79. The van der Waals surface area contributed by atoms with Crippen LogP contribution in [0.15, 0.2) is 23.3 Å². The molecule has 0 fully saturated rings. The summed E-state index contributed by atoms with van der Waals surface area (Å²) in [5.41, 5.74) is 16.1. The van der Waals surface area contributed by atoms with E-state index in [4.69, 9.17) is 16.0 Å². The molecule has 0 bridgehead atoms. The van der Waals surface area contributed by atoms with Gasteiger partial charge in [-0.1, -0.05) is 25.0 Å². The van der Waals surface area contributed by atoms with E-state index in [0.717, 1.165) is 24.8 Å². The predicted molar refractivity (Wildman–Crippen MR) is 73.0 cm³/mol. The van der Waals surface area contributed by atoms with Gasteiger partial charge in [0.1, 0.15) is 5.75 Å². The van der Waals surface area contributed by atoms with Crippen molar-refractivity contribution in [1.29, 1.82) is 0 Å². The van der Waals surface area contributed by atoms with Gasteiger partial charge in [-0.15, -0.1) is 0 Å². The Kier molecular flexibility index (Phi) is 6.05. The van der Waals surface area contributed by atoms with Crippen LogP contribution in [-0.4, -0.2) is 12.6 Å². The van der Waals surface area contributed by atoms with Gasteiger partial charge in [-0.2, -0.15) is 0 Å². The van der Waals surface area contributed by atoms with Crippen LogP contribution in [0.3, 0.4) is 0 Å². The Morgan fingerprint density at radius 3 is 2.83 bits per heavy atom. The maximum atomic E-state index is 8.57. The Morgan fingerprint density at radius 2 is 2.22 bits per heavy atom. The largest absolute Gasteiger partial charge is 0.493 e. The fourth-order valence-corrected chi connectivity index (χ4v) is 1.60. The highest BCUT2D eigenvalue weighted by Gasteiger charge is 2.06. The Balaban J connectivity index is 2.91. The first-order valence-corrected chi connectivity index (χ1v) is 6.27. The van der Waals surface area contributed by atoms with Crippen LogP contribution < -0.4 is 10.5 Å². The first-order valence-electron chi connectivity index (χ1n) is 6.27. The summed E-state index contributed by atoms with van der Waals surface area (Å²) in [5, 5.41) is 3.67. The zero-order chi connectivity index (χ0) is 13.4. The van der Waals surface area contributed by atoms with Gasteiger partial charge in [-0.25, -0.2) is 0 Å². The van der Waals surface area contributed by atoms with E-state index >= 15 is 0 Å².